The van der Waals surface area contributed by atoms with Crippen molar-refractivity contribution in [2.24, 2.45) is 0 Å². The van der Waals surface area contributed by atoms with Gasteiger partial charge in [0.25, 0.3) is 0 Å². The van der Waals surface area contributed by atoms with Gasteiger partial charge in [-0.15, -0.1) is 11.8 Å². The third-order valence-electron chi connectivity index (χ3n) is 2.01. The molecule has 0 aliphatic rings. The second kappa shape index (κ2) is 12.1. The highest BCUT2D eigenvalue weighted by Crippen LogP contribution is 2.03. The molecule has 0 fully saturated rings. The van der Waals surface area contributed by atoms with Crippen LogP contribution in [0.4, 0.5) is 0 Å². The van der Waals surface area contributed by atoms with Crippen molar-refractivity contribution in [1.82, 2.24) is 0 Å². The van der Waals surface area contributed by atoms with Crippen LogP contribution in [-0.2, 0) is 0 Å². The van der Waals surface area contributed by atoms with Gasteiger partial charge < -0.3 is 0 Å². The Labute approximate surface area is 89.5 Å². The Hall–Kier alpha value is -0.880. The molecule has 0 N–H and O–H groups in total. The average Bonchev–Trinajstić information content (AvgIpc) is 2.21. The molecule has 0 spiro atoms. The quantitative estimate of drug-likeness (QED) is 0.451. The van der Waals surface area contributed by atoms with Gasteiger partial charge in [0, 0.05) is 12.8 Å². The van der Waals surface area contributed by atoms with Crippen LogP contribution in [0.25, 0.3) is 0 Å². The van der Waals surface area contributed by atoms with Crippen molar-refractivity contribution in [2.45, 2.75) is 65.2 Å². The minimum Gasteiger partial charge on any atom is -0.103 e. The highest BCUT2D eigenvalue weighted by molar-refractivity contribution is 5.11. The third-order valence-corrected chi connectivity index (χ3v) is 2.01. The molecule has 0 aliphatic heterocycles. The summed E-state index contributed by atoms with van der Waals surface area (Å²) in [4.78, 5) is 0. The standard InChI is InChI=1S/C14H22/c1-3-5-7-9-11-13-14-12-10-8-6-4-2/h3-5,7,9-11,13H2,1-2H3. The molecule has 0 aromatic heterocycles. The van der Waals surface area contributed by atoms with Gasteiger partial charge in [-0.25, -0.2) is 0 Å². The largest absolute Gasteiger partial charge is 0.103 e. The Morgan fingerprint density at radius 1 is 0.714 bits per heavy atom. The fourth-order valence-corrected chi connectivity index (χ4v) is 1.20. The summed E-state index contributed by atoms with van der Waals surface area (Å²) in [6, 6.07) is 0. The van der Waals surface area contributed by atoms with Crippen molar-refractivity contribution in [1.29, 1.82) is 0 Å². The lowest BCUT2D eigenvalue weighted by Crippen LogP contribution is -1.76. The highest BCUT2D eigenvalue weighted by atomic mass is 13.9. The van der Waals surface area contributed by atoms with E-state index in [1.165, 1.54) is 32.1 Å². The first-order valence-corrected chi connectivity index (χ1v) is 5.83. The topological polar surface area (TPSA) is 0 Å². The Morgan fingerprint density at radius 3 is 2.14 bits per heavy atom. The van der Waals surface area contributed by atoms with E-state index in [1.807, 2.05) is 0 Å². The molecule has 0 amide bonds. The minimum atomic E-state index is 0.753. The van der Waals surface area contributed by atoms with E-state index in [-0.39, 0.29) is 0 Å². The Balaban J connectivity index is 3.17. The Morgan fingerprint density at radius 2 is 1.43 bits per heavy atom. The third kappa shape index (κ3) is 11.1. The van der Waals surface area contributed by atoms with Gasteiger partial charge in [0.15, 0.2) is 0 Å². The molecular formula is C14H22. The molecule has 0 heteroatoms. The number of rotatable bonds is 5. The van der Waals surface area contributed by atoms with Gasteiger partial charge in [-0.1, -0.05) is 51.4 Å². The first kappa shape index (κ1) is 13.1. The molecule has 14 heavy (non-hydrogen) atoms. The van der Waals surface area contributed by atoms with Gasteiger partial charge in [0.2, 0.25) is 0 Å². The van der Waals surface area contributed by atoms with Crippen LogP contribution in [0, 0.1) is 23.7 Å². The molecule has 78 valence electrons. The van der Waals surface area contributed by atoms with Crippen LogP contribution >= 0.6 is 0 Å². The molecule has 0 rings (SSSR count). The van der Waals surface area contributed by atoms with Crippen molar-refractivity contribution >= 4 is 0 Å². The molecule has 0 heterocycles. The number of unbranched alkanes of at least 4 members (excludes halogenated alkanes) is 5. The zero-order valence-electron chi connectivity index (χ0n) is 9.66. The molecule has 0 bridgehead atoms. The maximum atomic E-state index is 3.17. The second-order valence-electron chi connectivity index (χ2n) is 3.40. The zero-order chi connectivity index (χ0) is 10.5. The molecule has 0 atom stereocenters. The zero-order valence-corrected chi connectivity index (χ0v) is 9.66. The van der Waals surface area contributed by atoms with Crippen molar-refractivity contribution < 1.29 is 0 Å². The molecule has 0 saturated carbocycles. The van der Waals surface area contributed by atoms with Crippen LogP contribution in [0.1, 0.15) is 65.2 Å². The number of hydrogen-bond donors (Lipinski definition) is 0. The van der Waals surface area contributed by atoms with Gasteiger partial charge in [0.05, 0.1) is 6.42 Å². The van der Waals surface area contributed by atoms with Crippen LogP contribution in [0.2, 0.25) is 0 Å². The molecule has 0 aromatic carbocycles. The highest BCUT2D eigenvalue weighted by Gasteiger charge is 1.85. The van der Waals surface area contributed by atoms with E-state index in [2.05, 4.69) is 37.5 Å². The lowest BCUT2D eigenvalue weighted by molar-refractivity contribution is 0.641. The average molecular weight is 190 g/mol. The molecular weight excluding hydrogens is 168 g/mol. The monoisotopic (exact) mass is 190 g/mol. The van der Waals surface area contributed by atoms with Gasteiger partial charge in [-0.2, -0.15) is 0 Å². The van der Waals surface area contributed by atoms with Crippen molar-refractivity contribution in [3.63, 3.8) is 0 Å². The van der Waals surface area contributed by atoms with Crippen LogP contribution in [-0.4, -0.2) is 0 Å². The summed E-state index contributed by atoms with van der Waals surface area (Å²) < 4.78 is 0. The van der Waals surface area contributed by atoms with E-state index in [0.29, 0.717) is 0 Å². The first-order chi connectivity index (χ1) is 6.91. The molecule has 0 aromatic rings. The van der Waals surface area contributed by atoms with Crippen LogP contribution in [0.15, 0.2) is 0 Å². The predicted molar refractivity (Wildman–Crippen MR) is 63.8 cm³/mol. The fraction of sp³-hybridized carbons (Fsp3) is 0.714. The van der Waals surface area contributed by atoms with E-state index in [1.54, 1.807) is 0 Å². The Kier molecular flexibility index (Phi) is 11.4. The van der Waals surface area contributed by atoms with E-state index >= 15 is 0 Å². The minimum absolute atomic E-state index is 0.753. The summed E-state index contributed by atoms with van der Waals surface area (Å²) in [7, 11) is 0. The summed E-state index contributed by atoms with van der Waals surface area (Å²) in [5, 5.41) is 0. The van der Waals surface area contributed by atoms with Crippen LogP contribution < -0.4 is 0 Å². The van der Waals surface area contributed by atoms with E-state index in [9.17, 15) is 0 Å². The van der Waals surface area contributed by atoms with E-state index < -0.39 is 0 Å². The SMILES string of the molecule is CCC#CCC#CCCCCCCC. The van der Waals surface area contributed by atoms with Gasteiger partial charge in [0.1, 0.15) is 0 Å². The summed E-state index contributed by atoms with van der Waals surface area (Å²) in [5.41, 5.74) is 0. The fourth-order valence-electron chi connectivity index (χ4n) is 1.20. The second-order valence-corrected chi connectivity index (χ2v) is 3.40. The van der Waals surface area contributed by atoms with Crippen molar-refractivity contribution in [3.8, 4) is 23.7 Å². The Bertz CT molecular complexity index is 216. The maximum Gasteiger partial charge on any atom is 0.0702 e. The van der Waals surface area contributed by atoms with E-state index in [0.717, 1.165) is 19.3 Å². The predicted octanol–water partition coefficient (Wildman–Crippen LogP) is 4.15. The van der Waals surface area contributed by atoms with Crippen molar-refractivity contribution in [2.75, 3.05) is 0 Å². The maximum absolute atomic E-state index is 3.17. The summed E-state index contributed by atoms with van der Waals surface area (Å²) in [5.74, 6) is 12.3. The number of hydrogen-bond acceptors (Lipinski definition) is 0. The summed E-state index contributed by atoms with van der Waals surface area (Å²) >= 11 is 0. The summed E-state index contributed by atoms with van der Waals surface area (Å²) in [6.45, 7) is 4.31. The van der Waals surface area contributed by atoms with Gasteiger partial charge in [-0.05, 0) is 6.42 Å². The molecule has 0 saturated heterocycles. The van der Waals surface area contributed by atoms with Crippen LogP contribution in [0.5, 0.6) is 0 Å². The van der Waals surface area contributed by atoms with Gasteiger partial charge in [-0.3, -0.25) is 0 Å². The molecule has 0 aliphatic carbocycles. The van der Waals surface area contributed by atoms with E-state index in [4.69, 9.17) is 0 Å². The van der Waals surface area contributed by atoms with Crippen molar-refractivity contribution in [3.05, 3.63) is 0 Å². The van der Waals surface area contributed by atoms with Crippen LogP contribution in [0.3, 0.4) is 0 Å². The summed E-state index contributed by atoms with van der Waals surface area (Å²) in [6.07, 6.45) is 9.40. The van der Waals surface area contributed by atoms with Gasteiger partial charge >= 0.3 is 0 Å². The lowest BCUT2D eigenvalue weighted by atomic mass is 10.1. The normalized spacial score (nSPS) is 8.43. The smallest absolute Gasteiger partial charge is 0.0702 e. The lowest BCUT2D eigenvalue weighted by Gasteiger charge is -1.94. The molecule has 0 radical (unpaired) electrons. The molecule has 0 unspecified atom stereocenters. The molecule has 0 nitrogen and oxygen atoms in total. The first-order valence-electron chi connectivity index (χ1n) is 5.83.